The molecule has 12 heavy (non-hydrogen) atoms. The van der Waals surface area contributed by atoms with Crippen molar-refractivity contribution in [2.45, 2.75) is 25.7 Å². The van der Waals surface area contributed by atoms with E-state index in [9.17, 15) is 4.79 Å². The predicted octanol–water partition coefficient (Wildman–Crippen LogP) is 2.71. The summed E-state index contributed by atoms with van der Waals surface area (Å²) in [5.41, 5.74) is 0. The Bertz CT molecular complexity index is 134. The quantitative estimate of drug-likeness (QED) is 0.236. The number of carbonyl (C=O) groups is 1. The van der Waals surface area contributed by atoms with Gasteiger partial charge in [0.1, 0.15) is 6.61 Å². The summed E-state index contributed by atoms with van der Waals surface area (Å²) in [5.74, 6) is -0.108. The lowest BCUT2D eigenvalue weighted by atomic mass is 10.2. The van der Waals surface area contributed by atoms with Crippen molar-refractivity contribution >= 4 is 28.6 Å². The first kappa shape index (κ1) is 11.9. The Morgan fingerprint density at radius 2 is 2.17 bits per heavy atom. The number of rotatable bonds is 7. The van der Waals surface area contributed by atoms with Crippen molar-refractivity contribution in [2.24, 2.45) is 0 Å². The molecule has 0 rings (SSSR count). The zero-order valence-corrected chi connectivity index (χ0v) is 9.38. The Morgan fingerprint density at radius 3 is 2.75 bits per heavy atom. The van der Waals surface area contributed by atoms with Crippen molar-refractivity contribution in [2.75, 3.05) is 11.0 Å². The minimum absolute atomic E-state index is 0.108. The Balaban J connectivity index is 3.13. The van der Waals surface area contributed by atoms with Gasteiger partial charge in [-0.15, -0.1) is 0 Å². The molecule has 0 aliphatic heterocycles. The lowest BCUT2D eigenvalue weighted by Gasteiger charge is -2.00. The van der Waals surface area contributed by atoms with Crippen molar-refractivity contribution in [3.8, 4) is 0 Å². The van der Waals surface area contributed by atoms with Crippen molar-refractivity contribution in [3.63, 3.8) is 0 Å². The summed E-state index contributed by atoms with van der Waals surface area (Å²) in [6.07, 6.45) is 5.38. The maximum absolute atomic E-state index is 10.9. The van der Waals surface area contributed by atoms with Gasteiger partial charge in [0, 0.05) is 6.42 Å². The van der Waals surface area contributed by atoms with Crippen molar-refractivity contribution < 1.29 is 9.53 Å². The van der Waals surface area contributed by atoms with Crippen LogP contribution in [0.25, 0.3) is 0 Å². The monoisotopic (exact) mass is 282 g/mol. The third-order valence-electron chi connectivity index (χ3n) is 1.38. The van der Waals surface area contributed by atoms with Gasteiger partial charge in [-0.25, -0.2) is 0 Å². The van der Waals surface area contributed by atoms with Gasteiger partial charge in [0.2, 0.25) is 0 Å². The largest absolute Gasteiger partial charge is 0.461 e. The Labute approximate surface area is 87.5 Å². The van der Waals surface area contributed by atoms with E-state index in [-0.39, 0.29) is 5.97 Å². The van der Waals surface area contributed by atoms with Gasteiger partial charge in [0.15, 0.2) is 0 Å². The van der Waals surface area contributed by atoms with Gasteiger partial charge in [-0.3, -0.25) is 4.79 Å². The number of alkyl halides is 1. The molecule has 0 spiro atoms. The number of ether oxygens (including phenoxy) is 1. The molecule has 0 saturated heterocycles. The second-order valence-electron chi connectivity index (χ2n) is 2.47. The molecule has 0 amide bonds. The summed E-state index contributed by atoms with van der Waals surface area (Å²) in [7, 11) is 0. The van der Waals surface area contributed by atoms with Crippen LogP contribution in [-0.4, -0.2) is 17.0 Å². The molecule has 0 aromatic rings. The third-order valence-corrected chi connectivity index (χ3v) is 2.14. The van der Waals surface area contributed by atoms with E-state index in [4.69, 9.17) is 4.74 Å². The maximum atomic E-state index is 10.9. The first-order chi connectivity index (χ1) is 5.81. The number of hydrogen-bond donors (Lipinski definition) is 0. The normalized spacial score (nSPS) is 9.42. The minimum atomic E-state index is -0.108. The SMILES string of the molecule is C=CCOC(=O)CCCCCI. The van der Waals surface area contributed by atoms with Crippen molar-refractivity contribution in [1.82, 2.24) is 0 Å². The molecular formula is C9H15IO2. The van der Waals surface area contributed by atoms with Gasteiger partial charge in [0.25, 0.3) is 0 Å². The summed E-state index contributed by atoms with van der Waals surface area (Å²) in [5, 5.41) is 0. The molecule has 0 bridgehead atoms. The van der Waals surface area contributed by atoms with E-state index in [0.29, 0.717) is 13.0 Å². The average molecular weight is 282 g/mol. The molecular weight excluding hydrogens is 267 g/mol. The number of halogens is 1. The molecule has 0 heterocycles. The van der Waals surface area contributed by atoms with E-state index in [1.165, 1.54) is 10.8 Å². The van der Waals surface area contributed by atoms with Crippen LogP contribution in [0.2, 0.25) is 0 Å². The van der Waals surface area contributed by atoms with Crippen LogP contribution in [0.1, 0.15) is 25.7 Å². The lowest BCUT2D eigenvalue weighted by Crippen LogP contribution is -2.03. The van der Waals surface area contributed by atoms with E-state index in [1.54, 1.807) is 6.08 Å². The smallest absolute Gasteiger partial charge is 0.306 e. The van der Waals surface area contributed by atoms with Crippen LogP contribution in [0.3, 0.4) is 0 Å². The van der Waals surface area contributed by atoms with E-state index in [2.05, 4.69) is 29.2 Å². The zero-order valence-electron chi connectivity index (χ0n) is 7.22. The van der Waals surface area contributed by atoms with Gasteiger partial charge in [-0.05, 0) is 17.3 Å². The molecule has 0 aliphatic rings. The Morgan fingerprint density at radius 1 is 1.42 bits per heavy atom. The Kier molecular flexibility index (Phi) is 8.99. The van der Waals surface area contributed by atoms with Crippen LogP contribution < -0.4 is 0 Å². The van der Waals surface area contributed by atoms with Gasteiger partial charge >= 0.3 is 5.97 Å². The van der Waals surface area contributed by atoms with Crippen LogP contribution in [0.4, 0.5) is 0 Å². The molecule has 2 nitrogen and oxygen atoms in total. The highest BCUT2D eigenvalue weighted by Gasteiger charge is 1.99. The first-order valence-electron chi connectivity index (χ1n) is 4.13. The molecule has 0 aromatic heterocycles. The molecule has 0 aromatic carbocycles. The molecule has 0 fully saturated rings. The second-order valence-corrected chi connectivity index (χ2v) is 3.55. The Hall–Kier alpha value is -0.0600. The number of unbranched alkanes of at least 4 members (excludes halogenated alkanes) is 2. The van der Waals surface area contributed by atoms with Crippen molar-refractivity contribution in [3.05, 3.63) is 12.7 Å². The van der Waals surface area contributed by atoms with E-state index >= 15 is 0 Å². The highest BCUT2D eigenvalue weighted by Crippen LogP contribution is 2.03. The summed E-state index contributed by atoms with van der Waals surface area (Å²) >= 11 is 2.34. The fraction of sp³-hybridized carbons (Fsp3) is 0.667. The van der Waals surface area contributed by atoms with Gasteiger partial charge < -0.3 is 4.74 Å². The topological polar surface area (TPSA) is 26.3 Å². The molecule has 0 unspecified atom stereocenters. The number of hydrogen-bond acceptors (Lipinski definition) is 2. The second kappa shape index (κ2) is 9.03. The van der Waals surface area contributed by atoms with Crippen LogP contribution in [-0.2, 0) is 9.53 Å². The zero-order chi connectivity index (χ0) is 9.23. The molecule has 0 saturated carbocycles. The molecule has 0 N–H and O–H groups in total. The molecule has 3 heteroatoms. The van der Waals surface area contributed by atoms with Crippen LogP contribution in [0.5, 0.6) is 0 Å². The highest BCUT2D eigenvalue weighted by atomic mass is 127. The number of esters is 1. The standard InChI is InChI=1S/C9H15IO2/c1-2-8-12-9(11)6-4-3-5-7-10/h2H,1,3-8H2. The first-order valence-corrected chi connectivity index (χ1v) is 5.66. The van der Waals surface area contributed by atoms with Crippen LogP contribution in [0, 0.1) is 0 Å². The van der Waals surface area contributed by atoms with Crippen LogP contribution >= 0.6 is 22.6 Å². The van der Waals surface area contributed by atoms with Crippen LogP contribution in [0.15, 0.2) is 12.7 Å². The summed E-state index contributed by atoms with van der Waals surface area (Å²) in [4.78, 5) is 10.9. The highest BCUT2D eigenvalue weighted by molar-refractivity contribution is 14.1. The van der Waals surface area contributed by atoms with Gasteiger partial charge in [0.05, 0.1) is 0 Å². The van der Waals surface area contributed by atoms with E-state index in [1.807, 2.05) is 0 Å². The molecule has 0 atom stereocenters. The number of carbonyl (C=O) groups excluding carboxylic acids is 1. The molecule has 0 aliphatic carbocycles. The fourth-order valence-corrected chi connectivity index (χ4v) is 1.30. The molecule has 70 valence electrons. The maximum Gasteiger partial charge on any atom is 0.306 e. The average Bonchev–Trinajstić information content (AvgIpc) is 2.09. The minimum Gasteiger partial charge on any atom is -0.461 e. The third kappa shape index (κ3) is 8.04. The lowest BCUT2D eigenvalue weighted by molar-refractivity contribution is -0.142. The van der Waals surface area contributed by atoms with E-state index in [0.717, 1.165) is 12.8 Å². The summed E-state index contributed by atoms with van der Waals surface area (Å²) in [6.45, 7) is 3.80. The summed E-state index contributed by atoms with van der Waals surface area (Å²) < 4.78 is 5.98. The van der Waals surface area contributed by atoms with E-state index < -0.39 is 0 Å². The molecule has 0 radical (unpaired) electrons. The van der Waals surface area contributed by atoms with Gasteiger partial charge in [-0.1, -0.05) is 41.7 Å². The fourth-order valence-electron chi connectivity index (χ4n) is 0.765. The predicted molar refractivity (Wildman–Crippen MR) is 58.5 cm³/mol. The van der Waals surface area contributed by atoms with Gasteiger partial charge in [-0.2, -0.15) is 0 Å². The summed E-state index contributed by atoms with van der Waals surface area (Å²) in [6, 6.07) is 0. The van der Waals surface area contributed by atoms with Crippen molar-refractivity contribution in [1.29, 1.82) is 0 Å².